The molecule has 10 heteroatoms. The smallest absolute Gasteiger partial charge is 0.462 e. The number of carbonyl (C=O) groups excluding carboxylic acids is 2. The van der Waals surface area contributed by atoms with Gasteiger partial charge in [0, 0.05) is 12.8 Å². The van der Waals surface area contributed by atoms with Crippen molar-refractivity contribution in [3.05, 3.63) is 60.8 Å². The summed E-state index contributed by atoms with van der Waals surface area (Å²) < 4.78 is 34.4. The Bertz CT molecular complexity index is 1250. The summed E-state index contributed by atoms with van der Waals surface area (Å²) >= 11 is 0. The second-order valence-electron chi connectivity index (χ2n) is 18.2. The van der Waals surface area contributed by atoms with Crippen molar-refractivity contribution in [1.29, 1.82) is 0 Å². The normalized spacial score (nSPS) is 13.9. The van der Waals surface area contributed by atoms with Crippen molar-refractivity contribution in [2.45, 2.75) is 219 Å². The molecule has 0 spiro atoms. The van der Waals surface area contributed by atoms with Crippen molar-refractivity contribution in [2.24, 2.45) is 0 Å². The Labute approximate surface area is 387 Å². The van der Waals surface area contributed by atoms with E-state index < -0.39 is 26.5 Å². The summed E-state index contributed by atoms with van der Waals surface area (Å²) in [5, 5.41) is 0. The van der Waals surface area contributed by atoms with E-state index in [9.17, 15) is 19.0 Å². The molecule has 0 aliphatic rings. The number of nitrogens with zero attached hydrogens (tertiary/aromatic N) is 1. The van der Waals surface area contributed by atoms with Crippen LogP contribution in [0.5, 0.6) is 0 Å². The van der Waals surface area contributed by atoms with Crippen LogP contribution in [0.25, 0.3) is 0 Å². The van der Waals surface area contributed by atoms with Crippen LogP contribution in [0, 0.1) is 0 Å². The minimum Gasteiger partial charge on any atom is -0.462 e. The second-order valence-corrected chi connectivity index (χ2v) is 19.6. The average Bonchev–Trinajstić information content (AvgIpc) is 3.24. The molecule has 0 saturated carbocycles. The van der Waals surface area contributed by atoms with Crippen LogP contribution < -0.4 is 0 Å². The fraction of sp³-hybridized carbons (Fsp3) is 0.774. The van der Waals surface area contributed by atoms with Crippen LogP contribution in [-0.2, 0) is 32.7 Å². The van der Waals surface area contributed by atoms with Gasteiger partial charge in [-0.15, -0.1) is 0 Å². The lowest BCUT2D eigenvalue weighted by Crippen LogP contribution is -2.37. The maximum Gasteiger partial charge on any atom is 0.472 e. The zero-order chi connectivity index (χ0) is 46.4. The molecule has 0 aliphatic carbocycles. The van der Waals surface area contributed by atoms with Crippen LogP contribution in [0.1, 0.15) is 213 Å². The predicted molar refractivity (Wildman–Crippen MR) is 266 cm³/mol. The van der Waals surface area contributed by atoms with Crippen LogP contribution in [-0.4, -0.2) is 74.9 Å². The molecule has 0 aromatic rings. The number of phosphoric acid groups is 1. The lowest BCUT2D eigenvalue weighted by atomic mass is 10.0. The number of unbranched alkanes of at least 4 members (excludes halogenated alkanes) is 22. The van der Waals surface area contributed by atoms with Gasteiger partial charge in [0.1, 0.15) is 19.8 Å². The van der Waals surface area contributed by atoms with Crippen molar-refractivity contribution < 1.29 is 42.1 Å². The highest BCUT2D eigenvalue weighted by Gasteiger charge is 2.27. The summed E-state index contributed by atoms with van der Waals surface area (Å²) in [5.74, 6) is -0.798. The zero-order valence-corrected chi connectivity index (χ0v) is 42.2. The van der Waals surface area contributed by atoms with Gasteiger partial charge in [-0.1, -0.05) is 203 Å². The molecule has 0 aliphatic heterocycles. The van der Waals surface area contributed by atoms with Gasteiger partial charge < -0.3 is 18.9 Å². The summed E-state index contributed by atoms with van der Waals surface area (Å²) in [5.41, 5.74) is 0. The van der Waals surface area contributed by atoms with E-state index in [1.165, 1.54) is 109 Å². The Kier molecular flexibility index (Phi) is 43.3. The Morgan fingerprint density at radius 2 is 0.905 bits per heavy atom. The van der Waals surface area contributed by atoms with Gasteiger partial charge in [-0.25, -0.2) is 4.57 Å². The molecular formula is C53H97NO8P+. The summed E-state index contributed by atoms with van der Waals surface area (Å²) in [7, 11) is 1.48. The topological polar surface area (TPSA) is 108 Å². The number of rotatable bonds is 46. The molecule has 0 saturated heterocycles. The number of allylic oxidation sites excluding steroid dienone is 10. The molecule has 9 nitrogen and oxygen atoms in total. The molecule has 0 radical (unpaired) electrons. The van der Waals surface area contributed by atoms with E-state index >= 15 is 0 Å². The van der Waals surface area contributed by atoms with Crippen molar-refractivity contribution in [2.75, 3.05) is 47.5 Å². The SMILES string of the molecule is CC/C=C\C/C=C\C/C=C\C/C=C\C/C=C\CCCCCCCCCCCCCCCC(=O)OC(COC(=O)CCCCCCCCCCCC)COP(=O)(O)OCC[N+](C)(C)C. The highest BCUT2D eigenvalue weighted by atomic mass is 31.2. The Balaban J connectivity index is 4.10. The van der Waals surface area contributed by atoms with Gasteiger partial charge >= 0.3 is 19.8 Å². The quantitative estimate of drug-likeness (QED) is 0.0212. The molecule has 0 aromatic carbocycles. The van der Waals surface area contributed by atoms with E-state index in [0.717, 1.165) is 70.6 Å². The molecule has 366 valence electrons. The first-order valence-electron chi connectivity index (χ1n) is 25.5. The van der Waals surface area contributed by atoms with Crippen molar-refractivity contribution >= 4 is 19.8 Å². The van der Waals surface area contributed by atoms with Gasteiger partial charge in [-0.3, -0.25) is 18.6 Å². The minimum absolute atomic E-state index is 0.0312. The van der Waals surface area contributed by atoms with Gasteiger partial charge in [-0.05, 0) is 57.8 Å². The van der Waals surface area contributed by atoms with Gasteiger partial charge in [0.15, 0.2) is 6.10 Å². The summed E-state index contributed by atoms with van der Waals surface area (Å²) in [4.78, 5) is 35.4. The third-order valence-corrected chi connectivity index (χ3v) is 11.8. The van der Waals surface area contributed by atoms with Crippen LogP contribution >= 0.6 is 7.82 Å². The van der Waals surface area contributed by atoms with E-state index in [2.05, 4.69) is 74.6 Å². The fourth-order valence-electron chi connectivity index (χ4n) is 6.87. The largest absolute Gasteiger partial charge is 0.472 e. The highest BCUT2D eigenvalue weighted by Crippen LogP contribution is 2.43. The maximum atomic E-state index is 12.7. The van der Waals surface area contributed by atoms with E-state index in [1.54, 1.807) is 0 Å². The van der Waals surface area contributed by atoms with Crippen LogP contribution in [0.15, 0.2) is 60.8 Å². The first kappa shape index (κ1) is 60.7. The van der Waals surface area contributed by atoms with Crippen LogP contribution in [0.2, 0.25) is 0 Å². The molecule has 0 fully saturated rings. The number of ether oxygens (including phenoxy) is 2. The fourth-order valence-corrected chi connectivity index (χ4v) is 7.61. The Morgan fingerprint density at radius 1 is 0.508 bits per heavy atom. The maximum absolute atomic E-state index is 12.7. The number of esters is 2. The van der Waals surface area contributed by atoms with Crippen molar-refractivity contribution in [1.82, 2.24) is 0 Å². The van der Waals surface area contributed by atoms with E-state index in [-0.39, 0.29) is 32.0 Å². The van der Waals surface area contributed by atoms with Crippen molar-refractivity contribution in [3.63, 3.8) is 0 Å². The molecular weight excluding hydrogens is 810 g/mol. The summed E-state index contributed by atoms with van der Waals surface area (Å²) in [6.07, 6.45) is 55.7. The van der Waals surface area contributed by atoms with E-state index in [1.807, 2.05) is 21.1 Å². The third kappa shape index (κ3) is 49.0. The van der Waals surface area contributed by atoms with Gasteiger partial charge in [0.05, 0.1) is 27.7 Å². The Hall–Kier alpha value is -2.29. The summed E-state index contributed by atoms with van der Waals surface area (Å²) in [6, 6.07) is 0. The van der Waals surface area contributed by atoms with E-state index in [4.69, 9.17) is 18.5 Å². The van der Waals surface area contributed by atoms with Crippen LogP contribution in [0.4, 0.5) is 0 Å². The molecule has 2 atom stereocenters. The Morgan fingerprint density at radius 3 is 1.35 bits per heavy atom. The third-order valence-electron chi connectivity index (χ3n) is 10.8. The lowest BCUT2D eigenvalue weighted by Gasteiger charge is -2.24. The highest BCUT2D eigenvalue weighted by molar-refractivity contribution is 7.47. The van der Waals surface area contributed by atoms with Crippen LogP contribution in [0.3, 0.4) is 0 Å². The first-order chi connectivity index (χ1) is 30.5. The number of carbonyl (C=O) groups is 2. The van der Waals surface area contributed by atoms with Gasteiger partial charge in [0.2, 0.25) is 0 Å². The minimum atomic E-state index is -4.38. The van der Waals surface area contributed by atoms with Crippen molar-refractivity contribution in [3.8, 4) is 0 Å². The van der Waals surface area contributed by atoms with Gasteiger partial charge in [-0.2, -0.15) is 0 Å². The molecule has 0 amide bonds. The molecule has 0 aromatic heterocycles. The number of phosphoric ester groups is 1. The number of quaternary nitrogens is 1. The molecule has 1 N–H and O–H groups in total. The number of likely N-dealkylation sites (N-methyl/N-ethyl adjacent to an activating group) is 1. The molecule has 2 unspecified atom stereocenters. The molecule has 0 heterocycles. The first-order valence-corrected chi connectivity index (χ1v) is 27.0. The average molecular weight is 907 g/mol. The number of hydrogen-bond donors (Lipinski definition) is 1. The number of hydrogen-bond acceptors (Lipinski definition) is 7. The molecule has 0 bridgehead atoms. The van der Waals surface area contributed by atoms with E-state index in [0.29, 0.717) is 17.4 Å². The lowest BCUT2D eigenvalue weighted by molar-refractivity contribution is -0.870. The second kappa shape index (κ2) is 44.9. The molecule has 0 rings (SSSR count). The van der Waals surface area contributed by atoms with Gasteiger partial charge in [0.25, 0.3) is 0 Å². The molecule has 63 heavy (non-hydrogen) atoms. The summed E-state index contributed by atoms with van der Waals surface area (Å²) in [6.45, 7) is 4.30. The standard InChI is InChI=1S/C53H96NO8P/c1-6-8-10-12-14-16-18-19-20-21-22-23-24-25-26-27-28-29-30-31-32-33-34-35-36-38-40-42-44-46-53(56)62-51(50-61-63(57,58)60-48-47-54(3,4)5)49-59-52(55)45-43-41-39-37-17-15-13-11-9-7-2/h8,10,14,16,19-20,22-23,25-26,51H,6-7,9,11-13,15,17-18,21,24,27-50H2,1-5H3/p+1/b10-8-,16-14-,20-19-,23-22-,26-25-. The predicted octanol–water partition coefficient (Wildman–Crippen LogP) is 15.2. The monoisotopic (exact) mass is 907 g/mol. The zero-order valence-electron chi connectivity index (χ0n) is 41.3.